The van der Waals surface area contributed by atoms with Gasteiger partial charge < -0.3 is 10.6 Å². The molecule has 0 radical (unpaired) electrons. The van der Waals surface area contributed by atoms with Crippen molar-refractivity contribution in [2.45, 2.75) is 13.1 Å². The van der Waals surface area contributed by atoms with Gasteiger partial charge in [0.25, 0.3) is 5.91 Å². The predicted molar refractivity (Wildman–Crippen MR) is 95.8 cm³/mol. The molecule has 0 atom stereocenters. The zero-order valence-corrected chi connectivity index (χ0v) is 14.5. The van der Waals surface area contributed by atoms with Gasteiger partial charge in [-0.1, -0.05) is 12.1 Å². The van der Waals surface area contributed by atoms with Gasteiger partial charge in [0.15, 0.2) is 0 Å². The highest BCUT2D eigenvalue weighted by Gasteiger charge is 2.30. The van der Waals surface area contributed by atoms with Crippen molar-refractivity contribution in [2.75, 3.05) is 10.6 Å². The van der Waals surface area contributed by atoms with Crippen LogP contribution in [0.15, 0.2) is 54.6 Å². The molecule has 1 aromatic heterocycles. The Morgan fingerprint density at radius 2 is 1.68 bits per heavy atom. The number of carbonyl (C=O) groups excluding carboxylic acids is 1. The van der Waals surface area contributed by atoms with E-state index in [2.05, 4.69) is 20.6 Å². The predicted octanol–water partition coefficient (Wildman–Crippen LogP) is 4.94. The number of nitrogens with zero attached hydrogens (tertiary/aromatic N) is 2. The Balaban J connectivity index is 1.78. The molecule has 0 saturated carbocycles. The van der Waals surface area contributed by atoms with Gasteiger partial charge in [-0.2, -0.15) is 13.2 Å². The van der Waals surface area contributed by atoms with Crippen LogP contribution in [0.4, 0.5) is 34.8 Å². The number of para-hydroxylation sites is 1. The minimum Gasteiger partial charge on any atom is -0.338 e. The normalized spacial score (nSPS) is 11.2. The van der Waals surface area contributed by atoms with E-state index in [1.165, 1.54) is 24.3 Å². The molecule has 0 aliphatic carbocycles. The summed E-state index contributed by atoms with van der Waals surface area (Å²) in [5.41, 5.74) is -0.487. The van der Waals surface area contributed by atoms with Crippen LogP contribution in [0.25, 0.3) is 0 Å². The van der Waals surface area contributed by atoms with E-state index in [1.54, 1.807) is 13.0 Å². The van der Waals surface area contributed by atoms with Crippen molar-refractivity contribution < 1.29 is 22.4 Å². The minimum atomic E-state index is -4.46. The van der Waals surface area contributed by atoms with Gasteiger partial charge >= 0.3 is 6.18 Å². The molecule has 0 aliphatic heterocycles. The Labute approximate surface area is 157 Å². The van der Waals surface area contributed by atoms with Crippen molar-refractivity contribution in [1.82, 2.24) is 9.97 Å². The molecular formula is C19H14F4N4O. The first-order valence-electron chi connectivity index (χ1n) is 8.08. The van der Waals surface area contributed by atoms with Crippen LogP contribution < -0.4 is 10.6 Å². The maximum Gasteiger partial charge on any atom is 0.416 e. The molecular weight excluding hydrogens is 376 g/mol. The first kappa shape index (κ1) is 19.3. The monoisotopic (exact) mass is 390 g/mol. The molecule has 3 aromatic rings. The van der Waals surface area contributed by atoms with E-state index in [0.717, 1.165) is 24.3 Å². The Kier molecular flexibility index (Phi) is 5.25. The van der Waals surface area contributed by atoms with Crippen LogP contribution in [0.2, 0.25) is 0 Å². The smallest absolute Gasteiger partial charge is 0.338 e. The fourth-order valence-electron chi connectivity index (χ4n) is 2.39. The van der Waals surface area contributed by atoms with Crippen molar-refractivity contribution in [3.8, 4) is 0 Å². The molecule has 0 aliphatic rings. The highest BCUT2D eigenvalue weighted by Crippen LogP contribution is 2.30. The zero-order chi connectivity index (χ0) is 20.3. The van der Waals surface area contributed by atoms with E-state index in [1.807, 2.05) is 0 Å². The van der Waals surface area contributed by atoms with Gasteiger partial charge in [0, 0.05) is 11.8 Å². The number of amides is 1. The molecule has 2 aromatic carbocycles. The summed E-state index contributed by atoms with van der Waals surface area (Å²) in [4.78, 5) is 20.5. The summed E-state index contributed by atoms with van der Waals surface area (Å²) in [5, 5.41) is 5.23. The molecule has 0 unspecified atom stereocenters. The first-order chi connectivity index (χ1) is 13.2. The molecule has 1 amide bonds. The van der Waals surface area contributed by atoms with E-state index >= 15 is 0 Å². The minimum absolute atomic E-state index is 0.0220. The third-order valence-electron chi connectivity index (χ3n) is 3.68. The third kappa shape index (κ3) is 4.61. The quantitative estimate of drug-likeness (QED) is 0.620. The summed E-state index contributed by atoms with van der Waals surface area (Å²) in [6.45, 7) is 1.56. The van der Waals surface area contributed by atoms with E-state index in [9.17, 15) is 22.4 Å². The third-order valence-corrected chi connectivity index (χ3v) is 3.68. The van der Waals surface area contributed by atoms with Crippen molar-refractivity contribution in [2.24, 2.45) is 0 Å². The van der Waals surface area contributed by atoms with Crippen LogP contribution in [-0.4, -0.2) is 15.9 Å². The molecule has 5 nitrogen and oxygen atoms in total. The van der Waals surface area contributed by atoms with Crippen molar-refractivity contribution >= 4 is 23.1 Å². The molecule has 0 fully saturated rings. The van der Waals surface area contributed by atoms with Gasteiger partial charge in [-0.3, -0.25) is 4.79 Å². The van der Waals surface area contributed by atoms with Gasteiger partial charge in [-0.15, -0.1) is 0 Å². The summed E-state index contributed by atoms with van der Waals surface area (Å²) in [7, 11) is 0. The van der Waals surface area contributed by atoms with Crippen LogP contribution in [0.3, 0.4) is 0 Å². The number of rotatable bonds is 4. The number of hydrogen-bond acceptors (Lipinski definition) is 4. The Morgan fingerprint density at radius 3 is 2.32 bits per heavy atom. The van der Waals surface area contributed by atoms with Gasteiger partial charge in [-0.25, -0.2) is 14.4 Å². The molecule has 1 heterocycles. The van der Waals surface area contributed by atoms with Gasteiger partial charge in [-0.05, 0) is 43.3 Å². The Hall–Kier alpha value is -3.49. The summed E-state index contributed by atoms with van der Waals surface area (Å²) in [6, 6.07) is 11.3. The lowest BCUT2D eigenvalue weighted by molar-refractivity contribution is -0.137. The second kappa shape index (κ2) is 7.63. The summed E-state index contributed by atoms with van der Waals surface area (Å²) >= 11 is 0. The highest BCUT2D eigenvalue weighted by molar-refractivity contribution is 6.03. The SMILES string of the molecule is Cc1nc(Nc2ccccc2F)cc(C(=O)Nc2ccc(C(F)(F)F)cc2)n1. The van der Waals surface area contributed by atoms with Crippen LogP contribution in [0.5, 0.6) is 0 Å². The lowest BCUT2D eigenvalue weighted by atomic mass is 10.2. The molecule has 0 bridgehead atoms. The topological polar surface area (TPSA) is 66.9 Å². The fraction of sp³-hybridized carbons (Fsp3) is 0.105. The number of alkyl halides is 3. The Bertz CT molecular complexity index is 1000. The Morgan fingerprint density at radius 1 is 1.00 bits per heavy atom. The maximum atomic E-state index is 13.8. The van der Waals surface area contributed by atoms with E-state index in [-0.39, 0.29) is 28.7 Å². The van der Waals surface area contributed by atoms with Gasteiger partial charge in [0.05, 0.1) is 11.3 Å². The largest absolute Gasteiger partial charge is 0.416 e. The van der Waals surface area contributed by atoms with Crippen molar-refractivity contribution in [3.05, 3.63) is 77.5 Å². The van der Waals surface area contributed by atoms with E-state index in [0.29, 0.717) is 0 Å². The molecule has 9 heteroatoms. The molecule has 2 N–H and O–H groups in total. The average Bonchev–Trinajstić information content (AvgIpc) is 2.63. The summed E-state index contributed by atoms with van der Waals surface area (Å²) in [6.07, 6.45) is -4.46. The van der Waals surface area contributed by atoms with Crippen LogP contribution in [-0.2, 0) is 6.18 Å². The molecule has 144 valence electrons. The highest BCUT2D eigenvalue weighted by atomic mass is 19.4. The number of anilines is 3. The van der Waals surface area contributed by atoms with Crippen LogP contribution in [0.1, 0.15) is 21.9 Å². The first-order valence-corrected chi connectivity index (χ1v) is 8.08. The van der Waals surface area contributed by atoms with Crippen LogP contribution >= 0.6 is 0 Å². The number of benzene rings is 2. The summed E-state index contributed by atoms with van der Waals surface area (Å²) < 4.78 is 51.6. The average molecular weight is 390 g/mol. The second-order valence-electron chi connectivity index (χ2n) is 5.82. The standard InChI is InChI=1S/C19H14F4N4O/c1-11-24-16(10-17(25-11)27-15-5-3-2-4-14(15)20)18(28)26-13-8-6-12(7-9-13)19(21,22)23/h2-10H,1H3,(H,26,28)(H,24,25,27). The lowest BCUT2D eigenvalue weighted by Crippen LogP contribution is -2.15. The van der Waals surface area contributed by atoms with Gasteiger partial charge in [0.2, 0.25) is 0 Å². The number of carbonyl (C=O) groups is 1. The number of nitrogens with one attached hydrogen (secondary N) is 2. The van der Waals surface area contributed by atoms with Crippen molar-refractivity contribution in [1.29, 1.82) is 0 Å². The zero-order valence-electron chi connectivity index (χ0n) is 14.5. The molecule has 3 rings (SSSR count). The van der Waals surface area contributed by atoms with Crippen molar-refractivity contribution in [3.63, 3.8) is 0 Å². The van der Waals surface area contributed by atoms with Gasteiger partial charge in [0.1, 0.15) is 23.2 Å². The van der Waals surface area contributed by atoms with Crippen LogP contribution in [0, 0.1) is 12.7 Å². The van der Waals surface area contributed by atoms with E-state index in [4.69, 9.17) is 0 Å². The fourth-order valence-corrected chi connectivity index (χ4v) is 2.39. The maximum absolute atomic E-state index is 13.8. The summed E-state index contributed by atoms with van der Waals surface area (Å²) in [5.74, 6) is -0.662. The number of aromatic nitrogens is 2. The molecule has 28 heavy (non-hydrogen) atoms. The number of hydrogen-bond donors (Lipinski definition) is 2. The lowest BCUT2D eigenvalue weighted by Gasteiger charge is -2.11. The number of aryl methyl sites for hydroxylation is 1. The van der Waals surface area contributed by atoms with E-state index < -0.39 is 23.5 Å². The molecule has 0 saturated heterocycles. The molecule has 0 spiro atoms. The second-order valence-corrected chi connectivity index (χ2v) is 5.82. The number of halogens is 4.